The van der Waals surface area contributed by atoms with Crippen molar-refractivity contribution >= 4 is 16.1 Å². The summed E-state index contributed by atoms with van der Waals surface area (Å²) in [6.45, 7) is 2.11. The van der Waals surface area contributed by atoms with Crippen LogP contribution in [0.25, 0.3) is 5.69 Å². The Morgan fingerprint density at radius 2 is 1.56 bits per heavy atom. The summed E-state index contributed by atoms with van der Waals surface area (Å²) in [6.07, 6.45) is 3.83. The zero-order valence-corrected chi connectivity index (χ0v) is 23.3. The molecule has 8 nitrogen and oxygen atoms in total. The van der Waals surface area contributed by atoms with Crippen molar-refractivity contribution in [2.75, 3.05) is 0 Å². The molecule has 0 fully saturated rings. The lowest BCUT2D eigenvalue weighted by atomic mass is 10.1. The lowest BCUT2D eigenvalue weighted by Gasteiger charge is -2.21. The number of nitrogens with zero attached hydrogens (tertiary/aromatic N) is 2. The van der Waals surface area contributed by atoms with Gasteiger partial charge in [0.15, 0.2) is 0 Å². The predicted octanol–water partition coefficient (Wildman–Crippen LogP) is 5.73. The van der Waals surface area contributed by atoms with Crippen LogP contribution in [0.2, 0.25) is 0 Å². The van der Waals surface area contributed by atoms with Crippen LogP contribution in [0.15, 0.2) is 126 Å². The van der Waals surface area contributed by atoms with Gasteiger partial charge in [0, 0.05) is 18.5 Å². The number of rotatable bonds is 10. The van der Waals surface area contributed by atoms with Crippen LogP contribution in [0, 0.1) is 6.92 Å². The standard InChI is InChI=1S/C32H30N4O4S/c1-24-11-8-9-18-30(24)41(38,39)35-32(37)34-29(21-25-12-4-2-5-13-25)31-33-19-20-36(31)27-16-10-17-28(22-27)40-23-26-14-6-3-7-15-26/h2-20,22,29H,21,23H2,1H3,(H2,34,35,37)/t29-/m0/s1. The Bertz CT molecular complexity index is 1720. The van der Waals surface area contributed by atoms with Crippen molar-refractivity contribution in [1.82, 2.24) is 19.6 Å². The lowest BCUT2D eigenvalue weighted by molar-refractivity contribution is 0.241. The first kappa shape index (κ1) is 27.7. The van der Waals surface area contributed by atoms with E-state index in [0.717, 1.165) is 16.8 Å². The van der Waals surface area contributed by atoms with Crippen LogP contribution < -0.4 is 14.8 Å². The topological polar surface area (TPSA) is 102 Å². The SMILES string of the molecule is Cc1ccccc1S(=O)(=O)NC(=O)N[C@@H](Cc1ccccc1)c1nccn1-c1cccc(OCc2ccccc2)c1. The number of ether oxygens (including phenoxy) is 1. The number of carbonyl (C=O) groups is 1. The number of imidazole rings is 1. The smallest absolute Gasteiger partial charge is 0.329 e. The molecule has 5 rings (SSSR count). The molecule has 9 heteroatoms. The third-order valence-electron chi connectivity index (χ3n) is 6.52. The molecule has 2 N–H and O–H groups in total. The fourth-order valence-corrected chi connectivity index (χ4v) is 5.70. The molecule has 1 atom stereocenters. The number of carbonyl (C=O) groups excluding carboxylic acids is 1. The highest BCUT2D eigenvalue weighted by molar-refractivity contribution is 7.90. The molecule has 2 amide bonds. The van der Waals surface area contributed by atoms with Gasteiger partial charge in [0.25, 0.3) is 10.0 Å². The highest BCUT2D eigenvalue weighted by Crippen LogP contribution is 2.24. The van der Waals surface area contributed by atoms with Gasteiger partial charge in [-0.15, -0.1) is 0 Å². The summed E-state index contributed by atoms with van der Waals surface area (Å²) >= 11 is 0. The van der Waals surface area contributed by atoms with Gasteiger partial charge in [-0.3, -0.25) is 0 Å². The van der Waals surface area contributed by atoms with E-state index in [1.54, 1.807) is 37.5 Å². The maximum absolute atomic E-state index is 13.1. The first-order valence-electron chi connectivity index (χ1n) is 13.1. The molecule has 0 spiro atoms. The van der Waals surface area contributed by atoms with Crippen LogP contribution in [0.5, 0.6) is 5.75 Å². The number of benzene rings is 4. The Kier molecular flexibility index (Phi) is 8.45. The molecule has 0 radical (unpaired) electrons. The van der Waals surface area contributed by atoms with Gasteiger partial charge in [0.1, 0.15) is 18.2 Å². The number of aromatic nitrogens is 2. The molecule has 5 aromatic rings. The largest absolute Gasteiger partial charge is 0.489 e. The third-order valence-corrected chi connectivity index (χ3v) is 8.01. The molecule has 1 aromatic heterocycles. The first-order valence-corrected chi connectivity index (χ1v) is 14.6. The minimum Gasteiger partial charge on any atom is -0.489 e. The second-order valence-corrected chi connectivity index (χ2v) is 11.2. The highest BCUT2D eigenvalue weighted by atomic mass is 32.2. The summed E-state index contributed by atoms with van der Waals surface area (Å²) in [5.74, 6) is 1.22. The number of amides is 2. The molecule has 0 saturated heterocycles. The Morgan fingerprint density at radius 1 is 0.878 bits per heavy atom. The zero-order valence-electron chi connectivity index (χ0n) is 22.5. The van der Waals surface area contributed by atoms with Crippen molar-refractivity contribution in [3.63, 3.8) is 0 Å². The fourth-order valence-electron chi connectivity index (χ4n) is 4.53. The summed E-state index contributed by atoms with van der Waals surface area (Å²) < 4.78 is 36.0. The van der Waals surface area contributed by atoms with E-state index in [1.165, 1.54) is 6.07 Å². The average Bonchev–Trinajstić information content (AvgIpc) is 3.47. The van der Waals surface area contributed by atoms with E-state index in [0.29, 0.717) is 30.2 Å². The van der Waals surface area contributed by atoms with Gasteiger partial charge in [-0.05, 0) is 48.2 Å². The van der Waals surface area contributed by atoms with Gasteiger partial charge in [0.2, 0.25) is 0 Å². The number of hydrogen-bond donors (Lipinski definition) is 2. The van der Waals surface area contributed by atoms with Crippen LogP contribution >= 0.6 is 0 Å². The molecule has 0 bridgehead atoms. The maximum atomic E-state index is 13.1. The molecular formula is C32H30N4O4S. The van der Waals surface area contributed by atoms with E-state index in [4.69, 9.17) is 4.74 Å². The number of nitrogens with one attached hydrogen (secondary N) is 2. The van der Waals surface area contributed by atoms with Crippen molar-refractivity contribution in [3.05, 3.63) is 144 Å². The van der Waals surface area contributed by atoms with Crippen LogP contribution in [-0.2, 0) is 23.1 Å². The maximum Gasteiger partial charge on any atom is 0.329 e. The summed E-state index contributed by atoms with van der Waals surface area (Å²) in [5, 5.41) is 2.84. The highest BCUT2D eigenvalue weighted by Gasteiger charge is 2.25. The van der Waals surface area contributed by atoms with Crippen molar-refractivity contribution in [2.24, 2.45) is 0 Å². The van der Waals surface area contributed by atoms with Gasteiger partial charge in [-0.2, -0.15) is 0 Å². The second-order valence-electron chi connectivity index (χ2n) is 9.51. The van der Waals surface area contributed by atoms with Crippen LogP contribution in [0.4, 0.5) is 4.79 Å². The van der Waals surface area contributed by atoms with Crippen molar-refractivity contribution in [3.8, 4) is 11.4 Å². The molecule has 0 saturated carbocycles. The Morgan fingerprint density at radius 3 is 2.29 bits per heavy atom. The normalized spacial score (nSPS) is 11.9. The van der Waals surface area contributed by atoms with Crippen molar-refractivity contribution in [1.29, 1.82) is 0 Å². The molecule has 41 heavy (non-hydrogen) atoms. The minimum atomic E-state index is -4.08. The third kappa shape index (κ3) is 7.01. The van der Waals surface area contributed by atoms with E-state index in [-0.39, 0.29) is 4.90 Å². The van der Waals surface area contributed by atoms with Gasteiger partial charge < -0.3 is 14.6 Å². The van der Waals surface area contributed by atoms with Gasteiger partial charge >= 0.3 is 6.03 Å². The molecular weight excluding hydrogens is 536 g/mol. The number of aryl methyl sites for hydroxylation is 1. The molecule has 0 aliphatic heterocycles. The summed E-state index contributed by atoms with van der Waals surface area (Å²) in [5.41, 5.74) is 3.34. The summed E-state index contributed by atoms with van der Waals surface area (Å²) in [4.78, 5) is 17.7. The number of hydrogen-bond acceptors (Lipinski definition) is 5. The summed E-state index contributed by atoms with van der Waals surface area (Å²) in [7, 11) is -4.08. The van der Waals surface area contributed by atoms with Crippen LogP contribution in [0.3, 0.4) is 0 Å². The van der Waals surface area contributed by atoms with E-state index in [1.807, 2.05) is 89.5 Å². The quantitative estimate of drug-likeness (QED) is 0.225. The monoisotopic (exact) mass is 566 g/mol. The molecule has 0 aliphatic rings. The Labute approximate surface area is 239 Å². The van der Waals surface area contributed by atoms with Crippen LogP contribution in [-0.4, -0.2) is 24.0 Å². The fraction of sp³-hybridized carbons (Fsp3) is 0.125. The predicted molar refractivity (Wildman–Crippen MR) is 157 cm³/mol. The molecule has 0 unspecified atom stereocenters. The van der Waals surface area contributed by atoms with Crippen molar-refractivity contribution in [2.45, 2.75) is 30.9 Å². The van der Waals surface area contributed by atoms with E-state index in [9.17, 15) is 13.2 Å². The van der Waals surface area contributed by atoms with E-state index >= 15 is 0 Å². The Hall–Kier alpha value is -4.89. The first-order chi connectivity index (χ1) is 19.9. The lowest BCUT2D eigenvalue weighted by Crippen LogP contribution is -2.42. The molecule has 0 aliphatic carbocycles. The summed E-state index contributed by atoms with van der Waals surface area (Å²) in [6, 6.07) is 32.1. The van der Waals surface area contributed by atoms with Gasteiger partial charge in [-0.1, -0.05) is 84.9 Å². The molecule has 4 aromatic carbocycles. The number of urea groups is 1. The van der Waals surface area contributed by atoms with E-state index < -0.39 is 22.1 Å². The second kappa shape index (κ2) is 12.5. The average molecular weight is 567 g/mol. The van der Waals surface area contributed by atoms with Crippen LogP contribution in [0.1, 0.15) is 28.6 Å². The molecule has 1 heterocycles. The number of sulfonamides is 1. The zero-order chi connectivity index (χ0) is 28.7. The van der Waals surface area contributed by atoms with Gasteiger partial charge in [0.05, 0.1) is 16.6 Å². The molecule has 208 valence electrons. The van der Waals surface area contributed by atoms with E-state index in [2.05, 4.69) is 15.0 Å². The Balaban J connectivity index is 1.40. The van der Waals surface area contributed by atoms with Gasteiger partial charge in [-0.25, -0.2) is 22.9 Å². The minimum absolute atomic E-state index is 0.0450. The van der Waals surface area contributed by atoms with Crippen molar-refractivity contribution < 1.29 is 17.9 Å².